The lowest BCUT2D eigenvalue weighted by atomic mass is 10.2. The van der Waals surface area contributed by atoms with Gasteiger partial charge in [-0.1, -0.05) is 6.07 Å². The molecule has 0 aliphatic carbocycles. The Morgan fingerprint density at radius 2 is 2.00 bits per heavy atom. The Bertz CT molecular complexity index is 937. The van der Waals surface area contributed by atoms with Gasteiger partial charge < -0.3 is 24.3 Å². The maximum Gasteiger partial charge on any atom is 0.410 e. The van der Waals surface area contributed by atoms with Crippen LogP contribution in [-0.2, 0) is 22.6 Å². The zero-order chi connectivity index (χ0) is 23.6. The Balaban J connectivity index is 1.93. The van der Waals surface area contributed by atoms with Crippen LogP contribution < -0.4 is 10.9 Å². The largest absolute Gasteiger partial charge is 0.444 e. The third-order valence-electron chi connectivity index (χ3n) is 4.42. The van der Waals surface area contributed by atoms with Crippen LogP contribution in [0, 0.1) is 0 Å². The fourth-order valence-electron chi connectivity index (χ4n) is 2.88. The Hall–Kier alpha value is -3.20. The molecule has 0 unspecified atom stereocenters. The molecule has 0 bridgehead atoms. The van der Waals surface area contributed by atoms with Gasteiger partial charge in [0.1, 0.15) is 5.60 Å². The van der Waals surface area contributed by atoms with Crippen molar-refractivity contribution in [3.8, 4) is 0 Å². The Labute approximate surface area is 188 Å². The van der Waals surface area contributed by atoms with Crippen molar-refractivity contribution in [2.45, 2.75) is 45.9 Å². The average molecular weight is 445 g/mol. The number of carbonyl (C=O) groups excluding carboxylic acids is 2. The van der Waals surface area contributed by atoms with Crippen LogP contribution in [0.3, 0.4) is 0 Å². The van der Waals surface area contributed by atoms with Crippen molar-refractivity contribution >= 4 is 12.0 Å². The van der Waals surface area contributed by atoms with Crippen LogP contribution >= 0.6 is 0 Å². The van der Waals surface area contributed by atoms with Crippen LogP contribution in [0.25, 0.3) is 0 Å². The first-order chi connectivity index (χ1) is 15.2. The molecule has 0 saturated heterocycles. The minimum absolute atomic E-state index is 0.193. The summed E-state index contributed by atoms with van der Waals surface area (Å²) in [4.78, 5) is 42.6. The maximum atomic E-state index is 12.6. The highest BCUT2D eigenvalue weighted by Crippen LogP contribution is 2.13. The number of nitrogens with zero attached hydrogens (tertiary/aromatic N) is 3. The van der Waals surface area contributed by atoms with Crippen molar-refractivity contribution in [1.82, 2.24) is 19.8 Å². The summed E-state index contributed by atoms with van der Waals surface area (Å²) in [7, 11) is 1.55. The standard InChI is InChI=1S/C23H32N4O5/c1-23(2,3)32-22(30)27(16-18-7-5-10-24-15-18)12-6-11-25-21(29)19-8-9-20(28)26(17-19)13-14-31-4/h5,7-10,15,17H,6,11-14,16H2,1-4H3,(H,25,29). The van der Waals surface area contributed by atoms with Gasteiger partial charge in [0.25, 0.3) is 11.5 Å². The number of methoxy groups -OCH3 is 1. The van der Waals surface area contributed by atoms with E-state index in [0.717, 1.165) is 5.56 Å². The summed E-state index contributed by atoms with van der Waals surface area (Å²) in [5.41, 5.74) is 0.479. The van der Waals surface area contributed by atoms with Gasteiger partial charge in [0.2, 0.25) is 0 Å². The molecule has 32 heavy (non-hydrogen) atoms. The number of nitrogens with one attached hydrogen (secondary N) is 1. The molecule has 174 valence electrons. The molecular formula is C23H32N4O5. The molecule has 0 aliphatic rings. The van der Waals surface area contributed by atoms with Gasteiger partial charge in [-0.05, 0) is 44.9 Å². The van der Waals surface area contributed by atoms with Gasteiger partial charge in [0.05, 0.1) is 18.7 Å². The lowest BCUT2D eigenvalue weighted by molar-refractivity contribution is 0.0232. The molecule has 2 heterocycles. The predicted molar refractivity (Wildman–Crippen MR) is 120 cm³/mol. The van der Waals surface area contributed by atoms with E-state index in [0.29, 0.717) is 44.8 Å². The number of carbonyl (C=O) groups is 2. The molecule has 2 aromatic rings. The number of pyridine rings is 2. The summed E-state index contributed by atoms with van der Waals surface area (Å²) in [5.74, 6) is -0.285. The molecule has 0 atom stereocenters. The highest BCUT2D eigenvalue weighted by molar-refractivity contribution is 5.93. The van der Waals surface area contributed by atoms with Gasteiger partial charge in [0.15, 0.2) is 0 Å². The first-order valence-corrected chi connectivity index (χ1v) is 10.5. The number of ether oxygens (including phenoxy) is 2. The van der Waals surface area contributed by atoms with E-state index >= 15 is 0 Å². The van der Waals surface area contributed by atoms with Crippen molar-refractivity contribution in [1.29, 1.82) is 0 Å². The number of amides is 2. The van der Waals surface area contributed by atoms with E-state index in [-0.39, 0.29) is 11.5 Å². The van der Waals surface area contributed by atoms with Gasteiger partial charge in [-0.3, -0.25) is 14.6 Å². The van der Waals surface area contributed by atoms with Crippen LogP contribution in [-0.4, -0.2) is 58.9 Å². The van der Waals surface area contributed by atoms with E-state index in [1.165, 1.54) is 22.9 Å². The number of aromatic nitrogens is 2. The molecule has 9 nitrogen and oxygen atoms in total. The van der Waals surface area contributed by atoms with E-state index in [9.17, 15) is 14.4 Å². The van der Waals surface area contributed by atoms with Crippen LogP contribution in [0.5, 0.6) is 0 Å². The van der Waals surface area contributed by atoms with Gasteiger partial charge >= 0.3 is 6.09 Å². The molecule has 0 aliphatic heterocycles. The van der Waals surface area contributed by atoms with Crippen molar-refractivity contribution < 1.29 is 19.1 Å². The smallest absolute Gasteiger partial charge is 0.410 e. The predicted octanol–water partition coefficient (Wildman–Crippen LogP) is 2.45. The quantitative estimate of drug-likeness (QED) is 0.565. The fourth-order valence-corrected chi connectivity index (χ4v) is 2.88. The minimum Gasteiger partial charge on any atom is -0.444 e. The number of hydrogen-bond donors (Lipinski definition) is 1. The molecule has 0 aromatic carbocycles. The summed E-state index contributed by atoms with van der Waals surface area (Å²) in [6.45, 7) is 7.33. The molecular weight excluding hydrogens is 412 g/mol. The molecule has 9 heteroatoms. The van der Waals surface area contributed by atoms with Gasteiger partial charge in [-0.2, -0.15) is 0 Å². The minimum atomic E-state index is -0.607. The zero-order valence-corrected chi connectivity index (χ0v) is 19.2. The van der Waals surface area contributed by atoms with Gasteiger partial charge in [-0.15, -0.1) is 0 Å². The second kappa shape index (κ2) is 12.0. The lowest BCUT2D eigenvalue weighted by Gasteiger charge is -2.27. The molecule has 2 rings (SSSR count). The summed E-state index contributed by atoms with van der Waals surface area (Å²) >= 11 is 0. The molecule has 0 radical (unpaired) electrons. The summed E-state index contributed by atoms with van der Waals surface area (Å²) in [6.07, 6.45) is 5.02. The summed E-state index contributed by atoms with van der Waals surface area (Å²) in [5, 5.41) is 2.83. The molecule has 0 fully saturated rings. The topological polar surface area (TPSA) is 103 Å². The van der Waals surface area contributed by atoms with Crippen molar-refractivity contribution in [3.05, 3.63) is 64.3 Å². The van der Waals surface area contributed by atoms with E-state index in [1.807, 2.05) is 32.9 Å². The van der Waals surface area contributed by atoms with Gasteiger partial charge in [-0.25, -0.2) is 4.79 Å². The first kappa shape index (κ1) is 25.1. The molecule has 1 N–H and O–H groups in total. The second-order valence-corrected chi connectivity index (χ2v) is 8.31. The number of rotatable bonds is 10. The lowest BCUT2D eigenvalue weighted by Crippen LogP contribution is -2.38. The summed E-state index contributed by atoms with van der Waals surface area (Å²) < 4.78 is 11.9. The summed E-state index contributed by atoms with van der Waals surface area (Å²) in [6, 6.07) is 6.57. The van der Waals surface area contributed by atoms with E-state index in [2.05, 4.69) is 10.3 Å². The van der Waals surface area contributed by atoms with Crippen LogP contribution in [0.1, 0.15) is 43.1 Å². The Kier molecular flexibility index (Phi) is 9.39. The third-order valence-corrected chi connectivity index (χ3v) is 4.42. The number of hydrogen-bond acceptors (Lipinski definition) is 6. The van der Waals surface area contributed by atoms with Crippen LogP contribution in [0.2, 0.25) is 0 Å². The Morgan fingerprint density at radius 3 is 2.66 bits per heavy atom. The maximum absolute atomic E-state index is 12.6. The second-order valence-electron chi connectivity index (χ2n) is 8.31. The van der Waals surface area contributed by atoms with Crippen molar-refractivity contribution in [3.63, 3.8) is 0 Å². The van der Waals surface area contributed by atoms with E-state index in [1.54, 1.807) is 24.4 Å². The monoisotopic (exact) mass is 444 g/mol. The molecule has 0 spiro atoms. The SMILES string of the molecule is COCCn1cc(C(=O)NCCCN(Cc2cccnc2)C(=O)OC(C)(C)C)ccc1=O. The van der Waals surface area contributed by atoms with Crippen LogP contribution in [0.4, 0.5) is 4.79 Å². The highest BCUT2D eigenvalue weighted by Gasteiger charge is 2.22. The Morgan fingerprint density at radius 1 is 1.22 bits per heavy atom. The van der Waals surface area contributed by atoms with E-state index < -0.39 is 11.7 Å². The molecule has 2 aromatic heterocycles. The normalized spacial score (nSPS) is 11.1. The molecule has 0 saturated carbocycles. The van der Waals surface area contributed by atoms with E-state index in [4.69, 9.17) is 9.47 Å². The zero-order valence-electron chi connectivity index (χ0n) is 19.2. The van der Waals surface area contributed by atoms with Crippen molar-refractivity contribution in [2.75, 3.05) is 26.8 Å². The highest BCUT2D eigenvalue weighted by atomic mass is 16.6. The van der Waals surface area contributed by atoms with Gasteiger partial charge in [0, 0.05) is 51.4 Å². The third kappa shape index (κ3) is 8.50. The average Bonchev–Trinajstić information content (AvgIpc) is 2.74. The molecule has 2 amide bonds. The fraction of sp³-hybridized carbons (Fsp3) is 0.478. The first-order valence-electron chi connectivity index (χ1n) is 10.5. The van der Waals surface area contributed by atoms with Crippen molar-refractivity contribution in [2.24, 2.45) is 0 Å². The van der Waals surface area contributed by atoms with Crippen LogP contribution in [0.15, 0.2) is 47.7 Å².